The van der Waals surface area contributed by atoms with Crippen LogP contribution in [0.2, 0.25) is 0 Å². The van der Waals surface area contributed by atoms with Gasteiger partial charge < -0.3 is 15.2 Å². The van der Waals surface area contributed by atoms with Crippen LogP contribution in [-0.4, -0.2) is 42.8 Å². The first-order chi connectivity index (χ1) is 15.2. The zero-order chi connectivity index (χ0) is 21.5. The Hall–Kier alpha value is -2.11. The van der Waals surface area contributed by atoms with Gasteiger partial charge in [-0.2, -0.15) is 0 Å². The van der Waals surface area contributed by atoms with E-state index in [1.165, 1.54) is 56.2 Å². The minimum Gasteiger partial charge on any atom is -0.508 e. The number of rotatable bonds is 10. The molecule has 0 saturated carbocycles. The highest BCUT2D eigenvalue weighted by Gasteiger charge is 2.24. The largest absolute Gasteiger partial charge is 0.508 e. The highest BCUT2D eigenvalue weighted by molar-refractivity contribution is 5.41. The van der Waals surface area contributed by atoms with E-state index in [2.05, 4.69) is 46.4 Å². The molecule has 1 fully saturated rings. The van der Waals surface area contributed by atoms with E-state index < -0.39 is 0 Å². The number of fused-ring (bicyclic) bond motifs is 1. The monoisotopic (exact) mass is 424 g/mol. The number of hydrogen-bond donors (Lipinski definition) is 2. The van der Waals surface area contributed by atoms with Crippen molar-refractivity contribution in [2.75, 3.05) is 26.7 Å². The standard InChI is InChI=1S/C26H37N3O2/c1-28-15-7-9-25(28)22-8-6-17-29(20-22)16-5-3-2-4-14-27-19-24-13-11-21-10-12-23(30)18-26(21)31-24/h6,8,10,12,17-18,20,24-25,27H,2-5,7,9,11,13-16,19H2,1H3/p+1/t24-,25+/m1/s1. The lowest BCUT2D eigenvalue weighted by molar-refractivity contribution is -0.697. The molecule has 5 nitrogen and oxygen atoms in total. The number of benzene rings is 1. The third-order valence-corrected chi connectivity index (χ3v) is 6.76. The summed E-state index contributed by atoms with van der Waals surface area (Å²) in [6, 6.07) is 10.5. The van der Waals surface area contributed by atoms with Gasteiger partial charge in [0.25, 0.3) is 0 Å². The number of phenolic OH excluding ortho intramolecular Hbond substituents is 1. The highest BCUT2D eigenvalue weighted by atomic mass is 16.5. The first-order valence-corrected chi connectivity index (χ1v) is 12.1. The predicted octanol–water partition coefficient (Wildman–Crippen LogP) is 3.99. The molecule has 0 amide bonds. The molecule has 1 saturated heterocycles. The molecule has 2 atom stereocenters. The van der Waals surface area contributed by atoms with Gasteiger partial charge in [-0.05, 0) is 76.4 Å². The smallest absolute Gasteiger partial charge is 0.173 e. The van der Waals surface area contributed by atoms with Crippen LogP contribution in [0.15, 0.2) is 42.7 Å². The summed E-state index contributed by atoms with van der Waals surface area (Å²) in [5, 5.41) is 13.2. The second-order valence-electron chi connectivity index (χ2n) is 9.20. The fourth-order valence-electron chi connectivity index (χ4n) is 4.93. The average molecular weight is 425 g/mol. The molecule has 0 unspecified atom stereocenters. The molecule has 2 N–H and O–H groups in total. The van der Waals surface area contributed by atoms with E-state index >= 15 is 0 Å². The molecule has 3 heterocycles. The second kappa shape index (κ2) is 11.0. The van der Waals surface area contributed by atoms with E-state index in [0.29, 0.717) is 6.04 Å². The summed E-state index contributed by atoms with van der Waals surface area (Å²) >= 11 is 0. The molecule has 2 aromatic rings. The first-order valence-electron chi connectivity index (χ1n) is 12.1. The lowest BCUT2D eigenvalue weighted by atomic mass is 10.0. The summed E-state index contributed by atoms with van der Waals surface area (Å²) in [7, 11) is 2.24. The van der Waals surface area contributed by atoms with Crippen LogP contribution >= 0.6 is 0 Å². The Labute approximate surface area is 187 Å². The number of nitrogens with one attached hydrogen (secondary N) is 1. The summed E-state index contributed by atoms with van der Waals surface area (Å²) < 4.78 is 8.40. The normalized spacial score (nSPS) is 21.1. The molecule has 5 heteroatoms. The van der Waals surface area contributed by atoms with Crippen LogP contribution in [0.5, 0.6) is 11.5 Å². The van der Waals surface area contributed by atoms with Crippen molar-refractivity contribution < 1.29 is 14.4 Å². The van der Waals surface area contributed by atoms with Crippen LogP contribution < -0.4 is 14.6 Å². The number of aromatic nitrogens is 1. The molecule has 0 radical (unpaired) electrons. The van der Waals surface area contributed by atoms with Gasteiger partial charge in [0.15, 0.2) is 12.4 Å². The van der Waals surface area contributed by atoms with Crippen molar-refractivity contribution in [2.45, 2.75) is 70.1 Å². The maximum atomic E-state index is 9.64. The fourth-order valence-corrected chi connectivity index (χ4v) is 4.93. The molecule has 4 rings (SSSR count). The molecule has 1 aromatic carbocycles. The van der Waals surface area contributed by atoms with Gasteiger partial charge in [0.1, 0.15) is 24.1 Å². The molecular weight excluding hydrogens is 386 g/mol. The van der Waals surface area contributed by atoms with E-state index in [-0.39, 0.29) is 11.9 Å². The first kappa shape index (κ1) is 22.1. The number of aryl methyl sites for hydroxylation is 2. The van der Waals surface area contributed by atoms with Crippen molar-refractivity contribution >= 4 is 0 Å². The Bertz CT molecular complexity index is 841. The van der Waals surface area contributed by atoms with Crippen LogP contribution in [-0.2, 0) is 13.0 Å². The summed E-state index contributed by atoms with van der Waals surface area (Å²) in [4.78, 5) is 2.48. The quantitative estimate of drug-likeness (QED) is 0.447. The summed E-state index contributed by atoms with van der Waals surface area (Å²) in [6.07, 6.45) is 14.4. The zero-order valence-electron chi connectivity index (χ0n) is 18.9. The summed E-state index contributed by atoms with van der Waals surface area (Å²) in [5.74, 6) is 1.13. The maximum absolute atomic E-state index is 9.64. The van der Waals surface area contributed by atoms with E-state index in [1.807, 2.05) is 6.07 Å². The topological polar surface area (TPSA) is 48.6 Å². The Morgan fingerprint density at radius 2 is 2.06 bits per heavy atom. The lowest BCUT2D eigenvalue weighted by Crippen LogP contribution is -2.35. The van der Waals surface area contributed by atoms with E-state index in [0.717, 1.165) is 38.2 Å². The Balaban J connectivity index is 1.07. The number of phenols is 1. The van der Waals surface area contributed by atoms with Crippen molar-refractivity contribution in [1.29, 1.82) is 0 Å². The van der Waals surface area contributed by atoms with Gasteiger partial charge in [-0.25, -0.2) is 4.57 Å². The van der Waals surface area contributed by atoms with Crippen LogP contribution in [0.1, 0.15) is 62.1 Å². The highest BCUT2D eigenvalue weighted by Crippen LogP contribution is 2.31. The van der Waals surface area contributed by atoms with Gasteiger partial charge in [0.05, 0.1) is 0 Å². The molecule has 2 aliphatic heterocycles. The van der Waals surface area contributed by atoms with E-state index in [1.54, 1.807) is 12.1 Å². The Morgan fingerprint density at radius 1 is 1.16 bits per heavy atom. The van der Waals surface area contributed by atoms with Crippen LogP contribution in [0.3, 0.4) is 0 Å². The van der Waals surface area contributed by atoms with Gasteiger partial charge in [-0.15, -0.1) is 0 Å². The predicted molar refractivity (Wildman–Crippen MR) is 123 cm³/mol. The molecular formula is C26H38N3O2+. The SMILES string of the molecule is CN1CCC[C@H]1c1ccc[n+](CCCCCCNC[C@H]2CCc3ccc(O)cc3O2)c1. The number of likely N-dealkylation sites (tertiary alicyclic amines) is 1. The molecule has 31 heavy (non-hydrogen) atoms. The van der Waals surface area contributed by atoms with Gasteiger partial charge in [-0.1, -0.05) is 12.5 Å². The molecule has 0 bridgehead atoms. The number of nitrogens with zero attached hydrogens (tertiary/aromatic N) is 2. The average Bonchev–Trinajstić information content (AvgIpc) is 3.21. The number of unbranched alkanes of at least 4 members (excludes halogenated alkanes) is 3. The minimum atomic E-state index is 0.205. The maximum Gasteiger partial charge on any atom is 0.173 e. The Morgan fingerprint density at radius 3 is 2.94 bits per heavy atom. The van der Waals surface area contributed by atoms with Gasteiger partial charge >= 0.3 is 0 Å². The van der Waals surface area contributed by atoms with Crippen LogP contribution in [0, 0.1) is 0 Å². The molecule has 0 spiro atoms. The van der Waals surface area contributed by atoms with Crippen molar-refractivity contribution in [3.05, 3.63) is 53.9 Å². The fraction of sp³-hybridized carbons (Fsp3) is 0.577. The van der Waals surface area contributed by atoms with Gasteiger partial charge in [0, 0.05) is 36.7 Å². The molecule has 1 aromatic heterocycles. The van der Waals surface area contributed by atoms with Crippen molar-refractivity contribution in [1.82, 2.24) is 10.2 Å². The van der Waals surface area contributed by atoms with Crippen molar-refractivity contribution in [3.8, 4) is 11.5 Å². The molecule has 2 aliphatic rings. The molecule has 168 valence electrons. The number of aromatic hydroxyl groups is 1. The van der Waals surface area contributed by atoms with E-state index in [4.69, 9.17) is 4.74 Å². The zero-order valence-corrected chi connectivity index (χ0v) is 18.9. The summed E-state index contributed by atoms with van der Waals surface area (Å²) in [5.41, 5.74) is 2.67. The third kappa shape index (κ3) is 6.20. The number of hydrogen-bond acceptors (Lipinski definition) is 4. The summed E-state index contributed by atoms with van der Waals surface area (Å²) in [6.45, 7) is 4.26. The second-order valence-corrected chi connectivity index (χ2v) is 9.20. The van der Waals surface area contributed by atoms with Crippen molar-refractivity contribution in [2.24, 2.45) is 0 Å². The number of ether oxygens (including phenoxy) is 1. The lowest BCUT2D eigenvalue weighted by Gasteiger charge is -2.26. The van der Waals surface area contributed by atoms with Gasteiger partial charge in [0.2, 0.25) is 0 Å². The Kier molecular flexibility index (Phi) is 7.81. The van der Waals surface area contributed by atoms with Crippen molar-refractivity contribution in [3.63, 3.8) is 0 Å². The van der Waals surface area contributed by atoms with E-state index in [9.17, 15) is 5.11 Å². The van der Waals surface area contributed by atoms with Gasteiger partial charge in [-0.3, -0.25) is 4.90 Å². The van der Waals surface area contributed by atoms with Crippen LogP contribution in [0.25, 0.3) is 0 Å². The third-order valence-electron chi connectivity index (χ3n) is 6.76. The minimum absolute atomic E-state index is 0.205. The van der Waals surface area contributed by atoms with Crippen LogP contribution in [0.4, 0.5) is 0 Å². The number of pyridine rings is 1. The molecule has 0 aliphatic carbocycles.